The van der Waals surface area contributed by atoms with E-state index in [1.54, 1.807) is 13.2 Å². The third-order valence-corrected chi connectivity index (χ3v) is 5.53. The van der Waals surface area contributed by atoms with Crippen LogP contribution in [0, 0.1) is 0 Å². The van der Waals surface area contributed by atoms with Crippen molar-refractivity contribution < 1.29 is 19.4 Å². The molecule has 0 fully saturated rings. The van der Waals surface area contributed by atoms with Crippen LogP contribution in [0.25, 0.3) is 10.7 Å². The number of nitrogens with zero attached hydrogens (tertiary/aromatic N) is 2. The molecule has 0 aliphatic rings. The van der Waals surface area contributed by atoms with Crippen molar-refractivity contribution in [3.63, 3.8) is 0 Å². The van der Waals surface area contributed by atoms with Crippen molar-refractivity contribution in [2.24, 2.45) is 0 Å². The Balaban J connectivity index is 2.08. The number of hydrogen-bond acceptors (Lipinski definition) is 7. The number of benzene rings is 1. The van der Waals surface area contributed by atoms with Crippen LogP contribution in [0.15, 0.2) is 30.3 Å². The zero-order valence-corrected chi connectivity index (χ0v) is 17.6. The summed E-state index contributed by atoms with van der Waals surface area (Å²) in [6.45, 7) is 4.12. The Hall–Kier alpha value is -3.13. The Morgan fingerprint density at radius 3 is 2.48 bits per heavy atom. The first-order valence-electron chi connectivity index (χ1n) is 9.23. The summed E-state index contributed by atoms with van der Waals surface area (Å²) in [6.07, 6.45) is 1.53. The first-order valence-corrected chi connectivity index (χ1v) is 10.0. The van der Waals surface area contributed by atoms with E-state index in [4.69, 9.17) is 19.4 Å². The molecule has 2 N–H and O–H groups in total. The van der Waals surface area contributed by atoms with Crippen LogP contribution in [0.5, 0.6) is 10.8 Å². The Labute approximate surface area is 173 Å². The van der Waals surface area contributed by atoms with E-state index in [1.807, 2.05) is 12.1 Å². The van der Waals surface area contributed by atoms with Crippen LogP contribution >= 0.6 is 11.3 Å². The van der Waals surface area contributed by atoms with Gasteiger partial charge in [-0.2, -0.15) is 0 Å². The van der Waals surface area contributed by atoms with Crippen molar-refractivity contribution in [2.75, 3.05) is 19.5 Å². The minimum atomic E-state index is -1.01. The van der Waals surface area contributed by atoms with Gasteiger partial charge in [0.25, 0.3) is 0 Å². The molecule has 0 spiro atoms. The van der Waals surface area contributed by atoms with Crippen LogP contribution in [0.4, 0.5) is 11.5 Å². The van der Waals surface area contributed by atoms with E-state index in [0.29, 0.717) is 23.1 Å². The van der Waals surface area contributed by atoms with Crippen LogP contribution in [0.3, 0.4) is 0 Å². The summed E-state index contributed by atoms with van der Waals surface area (Å²) in [5.41, 5.74) is 2.78. The van der Waals surface area contributed by atoms with Crippen LogP contribution in [0.2, 0.25) is 0 Å². The van der Waals surface area contributed by atoms with Crippen LogP contribution in [-0.4, -0.2) is 35.3 Å². The Morgan fingerprint density at radius 2 is 1.90 bits per heavy atom. The SMILES string of the molecule is CCc1nc(-c2ccc(OC)s2)nc(Nc2ccc(C(=O)O)cc2OC)c1CC. The van der Waals surface area contributed by atoms with E-state index in [-0.39, 0.29) is 5.56 Å². The first kappa shape index (κ1) is 20.6. The molecule has 7 nitrogen and oxygen atoms in total. The van der Waals surface area contributed by atoms with Gasteiger partial charge >= 0.3 is 5.97 Å². The average molecular weight is 413 g/mol. The van der Waals surface area contributed by atoms with Gasteiger partial charge in [0.15, 0.2) is 10.9 Å². The minimum absolute atomic E-state index is 0.159. The zero-order chi connectivity index (χ0) is 21.0. The second kappa shape index (κ2) is 8.91. The molecule has 152 valence electrons. The molecule has 29 heavy (non-hydrogen) atoms. The monoisotopic (exact) mass is 413 g/mol. The number of anilines is 2. The number of carbonyl (C=O) groups is 1. The molecule has 0 bridgehead atoms. The molecular formula is C21H23N3O4S. The first-order chi connectivity index (χ1) is 14.0. The molecule has 8 heteroatoms. The fourth-order valence-electron chi connectivity index (χ4n) is 3.01. The van der Waals surface area contributed by atoms with E-state index < -0.39 is 5.97 Å². The number of hydrogen-bond donors (Lipinski definition) is 2. The predicted octanol–water partition coefficient (Wildman–Crippen LogP) is 4.79. The average Bonchev–Trinajstić information content (AvgIpc) is 3.22. The fourth-order valence-corrected chi connectivity index (χ4v) is 3.77. The second-order valence-corrected chi connectivity index (χ2v) is 7.24. The molecule has 0 aliphatic heterocycles. The summed E-state index contributed by atoms with van der Waals surface area (Å²) in [6, 6.07) is 8.54. The van der Waals surface area contributed by atoms with Gasteiger partial charge in [0, 0.05) is 11.3 Å². The highest BCUT2D eigenvalue weighted by atomic mass is 32.1. The summed E-state index contributed by atoms with van der Waals surface area (Å²) in [5.74, 6) is 0.732. The standard InChI is InChI=1S/C21H23N3O4S/c1-5-13-14(6-2)22-20(17-9-10-18(28-4)29-17)24-19(13)23-15-8-7-12(21(25)26)11-16(15)27-3/h7-11H,5-6H2,1-4H3,(H,25,26)(H,22,23,24). The van der Waals surface area contributed by atoms with E-state index >= 15 is 0 Å². The maximum atomic E-state index is 11.2. The topological polar surface area (TPSA) is 93.6 Å². The summed E-state index contributed by atoms with van der Waals surface area (Å²) >= 11 is 1.48. The maximum Gasteiger partial charge on any atom is 0.335 e. The van der Waals surface area contributed by atoms with Gasteiger partial charge in [0.1, 0.15) is 11.6 Å². The summed E-state index contributed by atoms with van der Waals surface area (Å²) in [4.78, 5) is 21.7. The molecule has 2 heterocycles. The lowest BCUT2D eigenvalue weighted by Crippen LogP contribution is -2.08. The molecule has 3 aromatic rings. The van der Waals surface area contributed by atoms with Gasteiger partial charge in [-0.05, 0) is 43.2 Å². The molecule has 0 atom stereocenters. The van der Waals surface area contributed by atoms with Gasteiger partial charge < -0.3 is 19.9 Å². The highest BCUT2D eigenvalue weighted by Gasteiger charge is 2.17. The number of aromatic carboxylic acids is 1. The summed E-state index contributed by atoms with van der Waals surface area (Å²) in [7, 11) is 3.14. The van der Waals surface area contributed by atoms with Gasteiger partial charge in [0.05, 0.1) is 30.3 Å². The Kier molecular flexibility index (Phi) is 6.33. The molecule has 2 aromatic heterocycles. The van der Waals surface area contributed by atoms with Crippen LogP contribution in [0.1, 0.15) is 35.5 Å². The van der Waals surface area contributed by atoms with Crippen molar-refractivity contribution in [1.82, 2.24) is 9.97 Å². The molecule has 0 saturated heterocycles. The minimum Gasteiger partial charge on any atom is -0.495 e. The molecule has 1 aromatic carbocycles. The lowest BCUT2D eigenvalue weighted by atomic mass is 10.1. The lowest BCUT2D eigenvalue weighted by molar-refractivity contribution is 0.0696. The van der Waals surface area contributed by atoms with Gasteiger partial charge in [-0.25, -0.2) is 14.8 Å². The number of carboxylic acids is 1. The van der Waals surface area contributed by atoms with Crippen molar-refractivity contribution in [1.29, 1.82) is 0 Å². The van der Waals surface area contributed by atoms with Crippen molar-refractivity contribution in [3.05, 3.63) is 47.2 Å². The van der Waals surface area contributed by atoms with E-state index in [0.717, 1.165) is 34.0 Å². The Morgan fingerprint density at radius 1 is 1.10 bits per heavy atom. The van der Waals surface area contributed by atoms with Crippen LogP contribution in [-0.2, 0) is 12.8 Å². The number of thiophene rings is 1. The van der Waals surface area contributed by atoms with Crippen molar-refractivity contribution in [3.8, 4) is 21.5 Å². The van der Waals surface area contributed by atoms with E-state index in [1.165, 1.54) is 30.6 Å². The zero-order valence-electron chi connectivity index (χ0n) is 16.8. The summed E-state index contributed by atoms with van der Waals surface area (Å²) < 4.78 is 10.7. The van der Waals surface area contributed by atoms with Crippen molar-refractivity contribution >= 4 is 28.8 Å². The molecule has 0 unspecified atom stereocenters. The predicted molar refractivity (Wildman–Crippen MR) is 114 cm³/mol. The third kappa shape index (κ3) is 4.32. The molecular weight excluding hydrogens is 390 g/mol. The normalized spacial score (nSPS) is 10.6. The maximum absolute atomic E-state index is 11.2. The van der Waals surface area contributed by atoms with Gasteiger partial charge in [0.2, 0.25) is 0 Å². The highest BCUT2D eigenvalue weighted by molar-refractivity contribution is 7.17. The fraction of sp³-hybridized carbons (Fsp3) is 0.286. The van der Waals surface area contributed by atoms with Gasteiger partial charge in [-0.3, -0.25) is 0 Å². The quantitative estimate of drug-likeness (QED) is 0.548. The van der Waals surface area contributed by atoms with E-state index in [2.05, 4.69) is 19.2 Å². The summed E-state index contributed by atoms with van der Waals surface area (Å²) in [5, 5.41) is 13.3. The number of aromatic nitrogens is 2. The molecule has 0 saturated carbocycles. The number of carboxylic acid groups (broad SMARTS) is 1. The molecule has 3 rings (SSSR count). The largest absolute Gasteiger partial charge is 0.495 e. The van der Waals surface area contributed by atoms with Crippen LogP contribution < -0.4 is 14.8 Å². The Bertz CT molecular complexity index is 1030. The lowest BCUT2D eigenvalue weighted by Gasteiger charge is -2.16. The number of methoxy groups -OCH3 is 2. The molecule has 0 radical (unpaired) electrons. The number of ether oxygens (including phenoxy) is 2. The smallest absolute Gasteiger partial charge is 0.335 e. The second-order valence-electron chi connectivity index (χ2n) is 6.20. The number of rotatable bonds is 8. The van der Waals surface area contributed by atoms with Crippen molar-refractivity contribution in [2.45, 2.75) is 26.7 Å². The highest BCUT2D eigenvalue weighted by Crippen LogP contribution is 2.35. The molecule has 0 aliphatic carbocycles. The van der Waals surface area contributed by atoms with Gasteiger partial charge in [-0.15, -0.1) is 0 Å². The number of aryl methyl sites for hydroxylation is 1. The number of nitrogens with one attached hydrogen (secondary N) is 1. The van der Waals surface area contributed by atoms with E-state index in [9.17, 15) is 9.90 Å². The third-order valence-electron chi connectivity index (χ3n) is 4.49. The van der Waals surface area contributed by atoms with Gasteiger partial charge in [-0.1, -0.05) is 25.2 Å². The molecule has 0 amide bonds.